The van der Waals surface area contributed by atoms with E-state index in [2.05, 4.69) is 16.0 Å². The molecule has 114 valence electrons. The van der Waals surface area contributed by atoms with Crippen molar-refractivity contribution in [1.29, 1.82) is 0 Å². The molecule has 0 amide bonds. The summed E-state index contributed by atoms with van der Waals surface area (Å²) < 4.78 is 3.80. The Labute approximate surface area is 140 Å². The second-order valence-electron chi connectivity index (χ2n) is 5.15. The number of benzene rings is 2. The minimum Gasteiger partial charge on any atom is -0.299 e. The number of hydrogen-bond acceptors (Lipinski definition) is 5. The molecule has 0 radical (unpaired) electrons. The van der Waals surface area contributed by atoms with Crippen LogP contribution in [0.1, 0.15) is 5.82 Å². The average Bonchev–Trinajstić information content (AvgIpc) is 3.00. The first-order valence-corrected chi connectivity index (χ1v) is 8.95. The van der Waals surface area contributed by atoms with Crippen molar-refractivity contribution in [2.24, 2.45) is 7.05 Å². The Morgan fingerprint density at radius 2 is 1.78 bits per heavy atom. The van der Waals surface area contributed by atoms with E-state index < -0.39 is 0 Å². The highest BCUT2D eigenvalue weighted by Crippen LogP contribution is 2.30. The molecule has 0 bridgehead atoms. The smallest absolute Gasteiger partial charge is 0.261 e. The molecule has 0 atom stereocenters. The fraction of sp³-hybridized carbons (Fsp3) is 0.118. The van der Waals surface area contributed by atoms with Crippen molar-refractivity contribution in [2.75, 3.05) is 0 Å². The fourth-order valence-corrected chi connectivity index (χ4v) is 4.48. The lowest BCUT2D eigenvalue weighted by atomic mass is 10.2. The molecule has 23 heavy (non-hydrogen) atoms. The molecule has 4 nitrogen and oxygen atoms in total. The van der Waals surface area contributed by atoms with Crippen LogP contribution in [0.15, 0.2) is 57.7 Å². The third-order valence-electron chi connectivity index (χ3n) is 3.67. The number of thiazole rings is 1. The topological polar surface area (TPSA) is 47.8 Å². The van der Waals surface area contributed by atoms with Crippen LogP contribution in [-0.4, -0.2) is 14.5 Å². The van der Waals surface area contributed by atoms with E-state index in [1.165, 1.54) is 4.70 Å². The van der Waals surface area contributed by atoms with Gasteiger partial charge in [-0.3, -0.25) is 9.36 Å². The van der Waals surface area contributed by atoms with Crippen molar-refractivity contribution in [3.8, 4) is 0 Å². The number of rotatable bonds is 3. The zero-order valence-electron chi connectivity index (χ0n) is 12.4. The molecule has 0 spiro atoms. The molecule has 0 aliphatic rings. The Morgan fingerprint density at radius 3 is 2.61 bits per heavy atom. The van der Waals surface area contributed by atoms with Gasteiger partial charge in [-0.1, -0.05) is 36.0 Å². The number of hydrogen-bond donors (Lipinski definition) is 0. The second-order valence-corrected chi connectivity index (χ2v) is 7.40. The van der Waals surface area contributed by atoms with E-state index in [0.29, 0.717) is 11.1 Å². The Morgan fingerprint density at radius 1 is 1.04 bits per heavy atom. The van der Waals surface area contributed by atoms with Gasteiger partial charge in [0, 0.05) is 7.05 Å². The first-order valence-electron chi connectivity index (χ1n) is 7.15. The Hall–Kier alpha value is -2.18. The van der Waals surface area contributed by atoms with Gasteiger partial charge in [0.1, 0.15) is 5.82 Å². The molecule has 0 aliphatic carbocycles. The summed E-state index contributed by atoms with van der Waals surface area (Å²) in [6, 6.07) is 15.5. The molecule has 0 saturated heterocycles. The van der Waals surface area contributed by atoms with Gasteiger partial charge in [-0.2, -0.15) is 0 Å². The van der Waals surface area contributed by atoms with E-state index in [-0.39, 0.29) is 5.56 Å². The summed E-state index contributed by atoms with van der Waals surface area (Å²) in [5.74, 6) is 1.38. The normalized spacial score (nSPS) is 11.3. The molecule has 2 heterocycles. The summed E-state index contributed by atoms with van der Waals surface area (Å²) >= 11 is 3.28. The number of para-hydroxylation sites is 2. The van der Waals surface area contributed by atoms with Gasteiger partial charge in [0.2, 0.25) is 0 Å². The highest BCUT2D eigenvalue weighted by molar-refractivity contribution is 8.00. The third-order valence-corrected chi connectivity index (χ3v) is 5.85. The van der Waals surface area contributed by atoms with Crippen molar-refractivity contribution in [2.45, 2.75) is 10.1 Å². The maximum absolute atomic E-state index is 12.4. The highest BCUT2D eigenvalue weighted by atomic mass is 32.2. The van der Waals surface area contributed by atoms with E-state index >= 15 is 0 Å². The summed E-state index contributed by atoms with van der Waals surface area (Å²) in [5.41, 5.74) is 1.76. The molecule has 2 aromatic heterocycles. The largest absolute Gasteiger partial charge is 0.299 e. The van der Waals surface area contributed by atoms with Gasteiger partial charge in [0.15, 0.2) is 4.34 Å². The zero-order valence-corrected chi connectivity index (χ0v) is 14.0. The van der Waals surface area contributed by atoms with Gasteiger partial charge < -0.3 is 0 Å². The predicted octanol–water partition coefficient (Wildman–Crippen LogP) is 3.84. The van der Waals surface area contributed by atoms with E-state index in [0.717, 1.165) is 21.2 Å². The molecule has 0 saturated carbocycles. The lowest BCUT2D eigenvalue weighted by Crippen LogP contribution is -2.21. The van der Waals surface area contributed by atoms with Crippen LogP contribution in [0.25, 0.3) is 21.1 Å². The molecular formula is C17H13N3OS2. The van der Waals surface area contributed by atoms with Crippen LogP contribution in [-0.2, 0) is 12.8 Å². The first kappa shape index (κ1) is 14.4. The molecule has 0 aliphatic heterocycles. The van der Waals surface area contributed by atoms with Gasteiger partial charge in [-0.15, -0.1) is 11.3 Å². The predicted molar refractivity (Wildman–Crippen MR) is 96.2 cm³/mol. The standard InChI is InChI=1S/C17H13N3OS2/c1-20-15(18-12-7-3-2-6-11(12)16(20)21)10-22-17-19-13-8-4-5-9-14(13)23-17/h2-9H,10H2,1H3. The molecule has 0 N–H and O–H groups in total. The fourth-order valence-electron chi connectivity index (χ4n) is 2.43. The van der Waals surface area contributed by atoms with Gasteiger partial charge in [0.05, 0.1) is 26.9 Å². The molecule has 6 heteroatoms. The zero-order chi connectivity index (χ0) is 15.8. The monoisotopic (exact) mass is 339 g/mol. The SMILES string of the molecule is Cn1c(CSc2nc3ccccc3s2)nc2ccccc2c1=O. The van der Waals surface area contributed by atoms with Crippen LogP contribution >= 0.6 is 23.1 Å². The summed E-state index contributed by atoms with van der Waals surface area (Å²) in [5, 5.41) is 0.656. The summed E-state index contributed by atoms with van der Waals surface area (Å²) in [6.07, 6.45) is 0. The van der Waals surface area contributed by atoms with Crippen LogP contribution in [0.3, 0.4) is 0 Å². The lowest BCUT2D eigenvalue weighted by molar-refractivity contribution is 0.785. The quantitative estimate of drug-likeness (QED) is 0.532. The Kier molecular flexibility index (Phi) is 3.63. The molecule has 0 unspecified atom stereocenters. The van der Waals surface area contributed by atoms with Crippen LogP contribution in [0, 0.1) is 0 Å². The first-order chi connectivity index (χ1) is 11.2. The van der Waals surface area contributed by atoms with Crippen molar-refractivity contribution in [3.63, 3.8) is 0 Å². The van der Waals surface area contributed by atoms with Crippen LogP contribution in [0.4, 0.5) is 0 Å². The number of nitrogens with zero attached hydrogens (tertiary/aromatic N) is 3. The minimum absolute atomic E-state index is 0.00417. The maximum Gasteiger partial charge on any atom is 0.261 e. The molecule has 0 fully saturated rings. The Bertz CT molecular complexity index is 1040. The van der Waals surface area contributed by atoms with Crippen LogP contribution < -0.4 is 5.56 Å². The number of fused-ring (bicyclic) bond motifs is 2. The van der Waals surface area contributed by atoms with Crippen molar-refractivity contribution >= 4 is 44.2 Å². The lowest BCUT2D eigenvalue weighted by Gasteiger charge is -2.07. The van der Waals surface area contributed by atoms with Crippen molar-refractivity contribution < 1.29 is 0 Å². The van der Waals surface area contributed by atoms with Gasteiger partial charge in [-0.05, 0) is 24.3 Å². The molecular weight excluding hydrogens is 326 g/mol. The van der Waals surface area contributed by atoms with E-state index in [1.54, 1.807) is 34.7 Å². The Balaban J connectivity index is 1.67. The van der Waals surface area contributed by atoms with Gasteiger partial charge >= 0.3 is 0 Å². The third kappa shape index (κ3) is 2.64. The molecule has 4 aromatic rings. The van der Waals surface area contributed by atoms with Crippen molar-refractivity contribution in [3.05, 3.63) is 64.7 Å². The van der Waals surface area contributed by atoms with Crippen LogP contribution in [0.2, 0.25) is 0 Å². The van der Waals surface area contributed by atoms with Gasteiger partial charge in [0.25, 0.3) is 5.56 Å². The van der Waals surface area contributed by atoms with Gasteiger partial charge in [-0.25, -0.2) is 9.97 Å². The molecule has 4 rings (SSSR count). The van der Waals surface area contributed by atoms with E-state index in [9.17, 15) is 4.79 Å². The average molecular weight is 339 g/mol. The number of thioether (sulfide) groups is 1. The number of aromatic nitrogens is 3. The highest BCUT2D eigenvalue weighted by Gasteiger charge is 2.10. The van der Waals surface area contributed by atoms with E-state index in [1.807, 2.05) is 42.5 Å². The van der Waals surface area contributed by atoms with Crippen molar-refractivity contribution in [1.82, 2.24) is 14.5 Å². The second kappa shape index (κ2) is 5.79. The maximum atomic E-state index is 12.4. The van der Waals surface area contributed by atoms with Crippen LogP contribution in [0.5, 0.6) is 0 Å². The summed E-state index contributed by atoms with van der Waals surface area (Å²) in [4.78, 5) is 21.6. The summed E-state index contributed by atoms with van der Waals surface area (Å²) in [6.45, 7) is 0. The molecule has 2 aromatic carbocycles. The van der Waals surface area contributed by atoms with E-state index in [4.69, 9.17) is 0 Å². The summed E-state index contributed by atoms with van der Waals surface area (Å²) in [7, 11) is 1.77. The minimum atomic E-state index is -0.00417.